The molecule has 0 aliphatic rings. The van der Waals surface area contributed by atoms with Crippen molar-refractivity contribution in [2.75, 3.05) is 13.1 Å². The predicted octanol–water partition coefficient (Wildman–Crippen LogP) is -1.87. The molecule has 11 nitrogen and oxygen atoms in total. The molecule has 1 atom stereocenters. The summed E-state index contributed by atoms with van der Waals surface area (Å²) in [5, 5.41) is 18.0. The van der Waals surface area contributed by atoms with Gasteiger partial charge in [0.25, 0.3) is 0 Å². The molecule has 0 radical (unpaired) electrons. The minimum absolute atomic E-state index is 0.0742. The molecule has 0 aliphatic heterocycles. The Hall–Kier alpha value is -2.24. The van der Waals surface area contributed by atoms with Gasteiger partial charge in [0.15, 0.2) is 6.10 Å². The highest BCUT2D eigenvalue weighted by molar-refractivity contribution is 5.80. The number of hydrogen-bond donors (Lipinski definition) is 3. The SMILES string of the molecule is CC(=O)ONCCN(OC(C)=O)OC(=O)C(O)CC(=O)O. The summed E-state index contributed by atoms with van der Waals surface area (Å²) < 4.78 is 0. The van der Waals surface area contributed by atoms with E-state index < -0.39 is 36.4 Å². The summed E-state index contributed by atoms with van der Waals surface area (Å²) in [4.78, 5) is 56.3. The normalized spacial score (nSPS) is 11.6. The van der Waals surface area contributed by atoms with E-state index in [-0.39, 0.29) is 13.1 Å². The van der Waals surface area contributed by atoms with Gasteiger partial charge in [-0.1, -0.05) is 0 Å². The van der Waals surface area contributed by atoms with E-state index in [2.05, 4.69) is 20.0 Å². The van der Waals surface area contributed by atoms with Crippen molar-refractivity contribution < 1.29 is 43.9 Å². The zero-order valence-corrected chi connectivity index (χ0v) is 11.4. The van der Waals surface area contributed by atoms with Crippen LogP contribution < -0.4 is 5.48 Å². The second kappa shape index (κ2) is 9.63. The van der Waals surface area contributed by atoms with Crippen LogP contribution in [0.15, 0.2) is 0 Å². The molecule has 0 aromatic rings. The van der Waals surface area contributed by atoms with Crippen molar-refractivity contribution in [2.45, 2.75) is 26.4 Å². The molecule has 0 aromatic heterocycles. The lowest BCUT2D eigenvalue weighted by molar-refractivity contribution is -0.327. The smallest absolute Gasteiger partial charge is 0.357 e. The first kappa shape index (κ1) is 18.8. The van der Waals surface area contributed by atoms with E-state index in [0.717, 1.165) is 13.8 Å². The molecule has 0 bridgehead atoms. The third-order valence-corrected chi connectivity index (χ3v) is 1.67. The van der Waals surface area contributed by atoms with Crippen molar-refractivity contribution >= 4 is 23.9 Å². The molecule has 0 fully saturated rings. The molecule has 21 heavy (non-hydrogen) atoms. The van der Waals surface area contributed by atoms with Gasteiger partial charge in [0, 0.05) is 19.1 Å². The summed E-state index contributed by atoms with van der Waals surface area (Å²) in [5.74, 6) is -4.15. The van der Waals surface area contributed by atoms with Gasteiger partial charge in [-0.15, -0.1) is 0 Å². The van der Waals surface area contributed by atoms with Gasteiger partial charge in [-0.05, 0) is 0 Å². The molecule has 0 aromatic carbocycles. The van der Waals surface area contributed by atoms with E-state index in [1.165, 1.54) is 0 Å². The number of hydrogen-bond acceptors (Lipinski definition) is 10. The van der Waals surface area contributed by atoms with Crippen molar-refractivity contribution in [3.05, 3.63) is 0 Å². The van der Waals surface area contributed by atoms with E-state index in [1.54, 1.807) is 0 Å². The van der Waals surface area contributed by atoms with E-state index in [1.807, 2.05) is 0 Å². The highest BCUT2D eigenvalue weighted by atomic mass is 17.0. The number of nitrogens with zero attached hydrogens (tertiary/aromatic N) is 1. The molecule has 0 saturated carbocycles. The van der Waals surface area contributed by atoms with Crippen LogP contribution in [0.2, 0.25) is 0 Å². The molecule has 3 N–H and O–H groups in total. The molecule has 0 heterocycles. The second-order valence-electron chi connectivity index (χ2n) is 3.65. The third-order valence-electron chi connectivity index (χ3n) is 1.67. The van der Waals surface area contributed by atoms with Crippen molar-refractivity contribution in [1.82, 2.24) is 10.7 Å². The lowest BCUT2D eigenvalue weighted by Crippen LogP contribution is -2.39. The van der Waals surface area contributed by atoms with Crippen molar-refractivity contribution in [1.29, 1.82) is 0 Å². The number of aliphatic hydroxyl groups is 1. The van der Waals surface area contributed by atoms with E-state index in [4.69, 9.17) is 5.11 Å². The van der Waals surface area contributed by atoms with Gasteiger partial charge in [0.05, 0.1) is 19.5 Å². The summed E-state index contributed by atoms with van der Waals surface area (Å²) in [6, 6.07) is 0. The van der Waals surface area contributed by atoms with Crippen LogP contribution in [0.5, 0.6) is 0 Å². The molecule has 120 valence electrons. The fourth-order valence-corrected chi connectivity index (χ4v) is 0.953. The molecule has 0 aliphatic carbocycles. The minimum atomic E-state index is -1.91. The molecule has 0 rings (SSSR count). The van der Waals surface area contributed by atoms with Gasteiger partial charge in [0.2, 0.25) is 0 Å². The molecular formula is C10H16N2O9. The van der Waals surface area contributed by atoms with E-state index in [9.17, 15) is 24.3 Å². The Kier molecular flexibility index (Phi) is 8.60. The Labute approximate surface area is 119 Å². The van der Waals surface area contributed by atoms with Crippen LogP contribution in [0, 0.1) is 0 Å². The van der Waals surface area contributed by atoms with Crippen LogP contribution >= 0.6 is 0 Å². The van der Waals surface area contributed by atoms with Crippen molar-refractivity contribution in [3.8, 4) is 0 Å². The Balaban J connectivity index is 4.33. The first-order valence-corrected chi connectivity index (χ1v) is 5.70. The summed E-state index contributed by atoms with van der Waals surface area (Å²) in [6.07, 6.45) is -2.78. The average Bonchev–Trinajstić information content (AvgIpc) is 2.32. The number of carboxylic acids is 1. The average molecular weight is 308 g/mol. The van der Waals surface area contributed by atoms with E-state index in [0.29, 0.717) is 5.23 Å². The standard InChI is InChI=1S/C10H16N2O9/c1-6(13)19-11-3-4-12(20-7(2)14)21-10(18)8(15)5-9(16)17/h8,11,15H,3-5H2,1-2H3,(H,16,17). The van der Waals surface area contributed by atoms with E-state index >= 15 is 0 Å². The lowest BCUT2D eigenvalue weighted by Gasteiger charge is -2.19. The number of nitrogens with one attached hydrogen (secondary N) is 1. The molecule has 1 unspecified atom stereocenters. The first-order chi connectivity index (χ1) is 9.72. The highest BCUT2D eigenvalue weighted by Gasteiger charge is 2.24. The van der Waals surface area contributed by atoms with Crippen LogP contribution in [-0.4, -0.2) is 58.5 Å². The van der Waals surface area contributed by atoms with Crippen LogP contribution in [0.1, 0.15) is 20.3 Å². The summed E-state index contributed by atoms with van der Waals surface area (Å²) in [7, 11) is 0. The van der Waals surface area contributed by atoms with Crippen LogP contribution in [0.4, 0.5) is 0 Å². The zero-order chi connectivity index (χ0) is 16.4. The molecule has 0 amide bonds. The predicted molar refractivity (Wildman–Crippen MR) is 62.6 cm³/mol. The summed E-state index contributed by atoms with van der Waals surface area (Å²) >= 11 is 0. The van der Waals surface area contributed by atoms with Crippen LogP contribution in [0.25, 0.3) is 0 Å². The number of carbonyl (C=O) groups is 4. The maximum absolute atomic E-state index is 11.3. The fourth-order valence-electron chi connectivity index (χ4n) is 0.953. The number of aliphatic carboxylic acids is 1. The first-order valence-electron chi connectivity index (χ1n) is 5.70. The van der Waals surface area contributed by atoms with Gasteiger partial charge >= 0.3 is 23.9 Å². The zero-order valence-electron chi connectivity index (χ0n) is 11.4. The summed E-state index contributed by atoms with van der Waals surface area (Å²) in [5.41, 5.74) is 2.19. The second-order valence-corrected chi connectivity index (χ2v) is 3.65. The highest BCUT2D eigenvalue weighted by Crippen LogP contribution is 2.00. The Morgan fingerprint density at radius 2 is 1.76 bits per heavy atom. The third kappa shape index (κ3) is 10.2. The summed E-state index contributed by atoms with van der Waals surface area (Å²) in [6.45, 7) is 1.88. The fraction of sp³-hybridized carbons (Fsp3) is 0.600. The maximum Gasteiger partial charge on any atom is 0.357 e. The monoisotopic (exact) mass is 308 g/mol. The Bertz CT molecular complexity index is 398. The van der Waals surface area contributed by atoms with Gasteiger partial charge < -0.3 is 24.7 Å². The number of aliphatic hydroxyl groups excluding tert-OH is 1. The van der Waals surface area contributed by atoms with Crippen molar-refractivity contribution in [3.63, 3.8) is 0 Å². The topological polar surface area (TPSA) is 152 Å². The van der Waals surface area contributed by atoms with Crippen molar-refractivity contribution in [2.24, 2.45) is 0 Å². The van der Waals surface area contributed by atoms with Crippen LogP contribution in [-0.2, 0) is 33.7 Å². The van der Waals surface area contributed by atoms with Gasteiger partial charge in [-0.3, -0.25) is 14.4 Å². The van der Waals surface area contributed by atoms with Gasteiger partial charge in [-0.2, -0.15) is 5.48 Å². The number of hydroxylamine groups is 3. The Morgan fingerprint density at radius 1 is 1.14 bits per heavy atom. The largest absolute Gasteiger partial charge is 0.481 e. The maximum atomic E-state index is 11.3. The molecule has 11 heteroatoms. The van der Waals surface area contributed by atoms with Crippen LogP contribution in [0.3, 0.4) is 0 Å². The quantitative estimate of drug-likeness (QED) is 0.324. The molecule has 0 spiro atoms. The molecular weight excluding hydrogens is 292 g/mol. The Morgan fingerprint density at radius 3 is 2.24 bits per heavy atom. The molecule has 0 saturated heterocycles. The number of carboxylic acid groups (broad SMARTS) is 1. The van der Waals surface area contributed by atoms with Gasteiger partial charge in [-0.25, -0.2) is 4.79 Å². The van der Waals surface area contributed by atoms with Gasteiger partial charge in [0.1, 0.15) is 0 Å². The minimum Gasteiger partial charge on any atom is -0.481 e. The number of rotatable bonds is 9. The number of carbonyl (C=O) groups excluding carboxylic acids is 3. The lowest BCUT2D eigenvalue weighted by atomic mass is 10.3.